The van der Waals surface area contributed by atoms with Gasteiger partial charge in [-0.3, -0.25) is 4.98 Å². The van der Waals surface area contributed by atoms with E-state index in [-0.39, 0.29) is 0 Å². The van der Waals surface area contributed by atoms with Crippen molar-refractivity contribution >= 4 is 11.2 Å². The van der Waals surface area contributed by atoms with Crippen LogP contribution < -0.4 is 0 Å². The van der Waals surface area contributed by atoms with Gasteiger partial charge >= 0.3 is 0 Å². The van der Waals surface area contributed by atoms with Crippen molar-refractivity contribution in [1.82, 2.24) is 29.9 Å². The Bertz CT molecular complexity index is 588. The van der Waals surface area contributed by atoms with Crippen LogP contribution in [-0.4, -0.2) is 29.9 Å². The van der Waals surface area contributed by atoms with Gasteiger partial charge in [0, 0.05) is 12.4 Å². The van der Waals surface area contributed by atoms with Gasteiger partial charge in [0.05, 0.1) is 12.4 Å². The lowest BCUT2D eigenvalue weighted by Crippen LogP contribution is -1.92. The van der Waals surface area contributed by atoms with E-state index in [2.05, 4.69) is 36.2 Å². The van der Waals surface area contributed by atoms with Crippen molar-refractivity contribution in [3.8, 4) is 11.5 Å². The SMILES string of the molecule is [c]1nc2nc(-c3cnccn3)ncc2[nH]1. The largest absolute Gasteiger partial charge is 0.333 e. The van der Waals surface area contributed by atoms with Crippen molar-refractivity contribution in [3.05, 3.63) is 31.1 Å². The number of hydrogen-bond donors (Lipinski definition) is 1. The summed E-state index contributed by atoms with van der Waals surface area (Å²) in [4.78, 5) is 23.1. The van der Waals surface area contributed by atoms with Crippen LogP contribution in [0.25, 0.3) is 22.7 Å². The molecular weight excluding hydrogens is 192 g/mol. The Kier molecular flexibility index (Phi) is 1.64. The second-order valence-corrected chi connectivity index (χ2v) is 2.87. The van der Waals surface area contributed by atoms with E-state index < -0.39 is 0 Å². The molecule has 0 amide bonds. The topological polar surface area (TPSA) is 80.2 Å². The van der Waals surface area contributed by atoms with Gasteiger partial charge < -0.3 is 4.98 Å². The number of aromatic amines is 1. The number of H-pyrrole nitrogens is 1. The second-order valence-electron chi connectivity index (χ2n) is 2.87. The normalized spacial score (nSPS) is 10.7. The first-order chi connectivity index (χ1) is 7.43. The van der Waals surface area contributed by atoms with Gasteiger partial charge in [-0.25, -0.2) is 19.9 Å². The summed E-state index contributed by atoms with van der Waals surface area (Å²) >= 11 is 0. The van der Waals surface area contributed by atoms with E-state index in [1.807, 2.05) is 0 Å². The van der Waals surface area contributed by atoms with E-state index in [0.29, 0.717) is 17.2 Å². The zero-order valence-electron chi connectivity index (χ0n) is 7.55. The molecule has 3 aromatic rings. The van der Waals surface area contributed by atoms with Crippen LogP contribution in [0, 0.1) is 6.33 Å². The quantitative estimate of drug-likeness (QED) is 0.618. The smallest absolute Gasteiger partial charge is 0.182 e. The lowest BCUT2D eigenvalue weighted by atomic mass is 10.4. The maximum atomic E-state index is 4.22. The minimum atomic E-state index is 0.510. The highest BCUT2D eigenvalue weighted by Gasteiger charge is 2.05. The Morgan fingerprint density at radius 1 is 1.13 bits per heavy atom. The summed E-state index contributed by atoms with van der Waals surface area (Å²) in [6.45, 7) is 0. The molecule has 0 spiro atoms. The van der Waals surface area contributed by atoms with E-state index >= 15 is 0 Å². The van der Waals surface area contributed by atoms with Crippen LogP contribution in [0.3, 0.4) is 0 Å². The van der Waals surface area contributed by atoms with Crippen molar-refractivity contribution in [1.29, 1.82) is 0 Å². The fraction of sp³-hybridized carbons (Fsp3) is 0. The lowest BCUT2D eigenvalue weighted by Gasteiger charge is -1.96. The van der Waals surface area contributed by atoms with Crippen molar-refractivity contribution in [3.63, 3.8) is 0 Å². The van der Waals surface area contributed by atoms with Gasteiger partial charge in [-0.2, -0.15) is 0 Å². The fourth-order valence-corrected chi connectivity index (χ4v) is 1.23. The van der Waals surface area contributed by atoms with E-state index in [4.69, 9.17) is 0 Å². The Hall–Kier alpha value is -2.37. The van der Waals surface area contributed by atoms with Crippen LogP contribution >= 0.6 is 0 Å². The first-order valence-electron chi connectivity index (χ1n) is 4.29. The molecule has 71 valence electrons. The zero-order chi connectivity index (χ0) is 10.1. The maximum Gasteiger partial charge on any atom is 0.182 e. The predicted molar refractivity (Wildman–Crippen MR) is 51.5 cm³/mol. The lowest BCUT2D eigenvalue weighted by molar-refractivity contribution is 1.13. The number of rotatable bonds is 1. The standard InChI is InChI=1S/C9H5N6/c1-2-11-6(3-10-1)8-12-4-7-9(15-8)14-5-13-7/h1-4H,(H,12,13,14,15). The van der Waals surface area contributed by atoms with Crippen LogP contribution in [0.15, 0.2) is 24.8 Å². The average molecular weight is 197 g/mol. The van der Waals surface area contributed by atoms with Crippen LogP contribution in [0.1, 0.15) is 0 Å². The third-order valence-electron chi connectivity index (χ3n) is 1.91. The molecule has 0 fully saturated rings. The van der Waals surface area contributed by atoms with Gasteiger partial charge in [0.25, 0.3) is 0 Å². The van der Waals surface area contributed by atoms with Crippen LogP contribution in [-0.2, 0) is 0 Å². The predicted octanol–water partition coefficient (Wildman–Crippen LogP) is 0.610. The van der Waals surface area contributed by atoms with E-state index in [9.17, 15) is 0 Å². The monoisotopic (exact) mass is 197 g/mol. The van der Waals surface area contributed by atoms with E-state index in [1.165, 1.54) is 0 Å². The fourth-order valence-electron chi connectivity index (χ4n) is 1.23. The van der Waals surface area contributed by atoms with Crippen molar-refractivity contribution in [2.75, 3.05) is 0 Å². The summed E-state index contributed by atoms with van der Waals surface area (Å²) in [6.07, 6.45) is 9.06. The minimum Gasteiger partial charge on any atom is -0.333 e. The van der Waals surface area contributed by atoms with E-state index in [1.54, 1.807) is 24.8 Å². The molecule has 0 aromatic carbocycles. The summed E-state index contributed by atoms with van der Waals surface area (Å²) in [7, 11) is 0. The van der Waals surface area contributed by atoms with Crippen LogP contribution in [0.4, 0.5) is 0 Å². The minimum absolute atomic E-state index is 0.510. The highest BCUT2D eigenvalue weighted by Crippen LogP contribution is 2.11. The van der Waals surface area contributed by atoms with Gasteiger partial charge in [-0.05, 0) is 0 Å². The molecule has 3 rings (SSSR count). The first kappa shape index (κ1) is 7.98. The van der Waals surface area contributed by atoms with Gasteiger partial charge in [0.15, 0.2) is 17.8 Å². The number of hydrogen-bond acceptors (Lipinski definition) is 5. The summed E-state index contributed by atoms with van der Waals surface area (Å²) in [5.41, 5.74) is 1.95. The summed E-state index contributed by atoms with van der Waals surface area (Å²) < 4.78 is 0. The molecule has 15 heavy (non-hydrogen) atoms. The molecule has 0 saturated heterocycles. The number of aromatic nitrogens is 6. The third-order valence-corrected chi connectivity index (χ3v) is 1.91. The molecule has 6 heteroatoms. The Labute approximate surface area is 84.5 Å². The summed E-state index contributed by atoms with van der Waals surface area (Å²) in [5.74, 6) is 0.510. The molecular formula is C9H5N6. The first-order valence-corrected chi connectivity index (χ1v) is 4.29. The maximum absolute atomic E-state index is 4.22. The highest BCUT2D eigenvalue weighted by molar-refractivity contribution is 5.70. The number of nitrogens with zero attached hydrogens (tertiary/aromatic N) is 5. The van der Waals surface area contributed by atoms with E-state index in [0.717, 1.165) is 5.52 Å². The molecule has 1 N–H and O–H groups in total. The molecule has 0 bridgehead atoms. The highest BCUT2D eigenvalue weighted by atomic mass is 15.0. The second kappa shape index (κ2) is 3.09. The Morgan fingerprint density at radius 2 is 2.13 bits per heavy atom. The van der Waals surface area contributed by atoms with Crippen LogP contribution in [0.5, 0.6) is 0 Å². The molecule has 3 aromatic heterocycles. The zero-order valence-corrected chi connectivity index (χ0v) is 7.55. The number of imidazole rings is 1. The summed E-state index contributed by atoms with van der Waals surface area (Å²) in [5, 5.41) is 0. The summed E-state index contributed by atoms with van der Waals surface area (Å²) in [6, 6.07) is 0. The van der Waals surface area contributed by atoms with Crippen molar-refractivity contribution < 1.29 is 0 Å². The Morgan fingerprint density at radius 3 is 3.00 bits per heavy atom. The van der Waals surface area contributed by atoms with Crippen LogP contribution in [0.2, 0.25) is 0 Å². The average Bonchev–Trinajstić information content (AvgIpc) is 2.77. The molecule has 1 radical (unpaired) electrons. The molecule has 0 aliphatic heterocycles. The van der Waals surface area contributed by atoms with Crippen molar-refractivity contribution in [2.45, 2.75) is 0 Å². The molecule has 0 aliphatic rings. The molecule has 3 heterocycles. The number of fused-ring (bicyclic) bond motifs is 1. The molecule has 0 aliphatic carbocycles. The van der Waals surface area contributed by atoms with Gasteiger partial charge in [-0.15, -0.1) is 0 Å². The molecule has 0 saturated carbocycles. The Balaban J connectivity index is 2.19. The molecule has 0 unspecified atom stereocenters. The van der Waals surface area contributed by atoms with Gasteiger partial charge in [0.1, 0.15) is 11.2 Å². The molecule has 0 atom stereocenters. The van der Waals surface area contributed by atoms with Gasteiger partial charge in [-0.1, -0.05) is 0 Å². The number of nitrogens with one attached hydrogen (secondary N) is 1. The van der Waals surface area contributed by atoms with Gasteiger partial charge in [0.2, 0.25) is 0 Å². The molecule has 6 nitrogen and oxygen atoms in total. The van der Waals surface area contributed by atoms with Crippen molar-refractivity contribution in [2.24, 2.45) is 0 Å². The third kappa shape index (κ3) is 1.32.